The zero-order valence-corrected chi connectivity index (χ0v) is 8.88. The van der Waals surface area contributed by atoms with Crippen LogP contribution in [0.15, 0.2) is 24.3 Å². The lowest BCUT2D eigenvalue weighted by molar-refractivity contribution is -0.119. The summed E-state index contributed by atoms with van der Waals surface area (Å²) in [7, 11) is 0. The van der Waals surface area contributed by atoms with Gasteiger partial charge in [-0.2, -0.15) is 0 Å². The Kier molecular flexibility index (Phi) is 3.94. The average Bonchev–Trinajstić information content (AvgIpc) is 2.05. The van der Waals surface area contributed by atoms with E-state index in [1.165, 1.54) is 0 Å². The Morgan fingerprint density at radius 3 is 2.67 bits per heavy atom. The molecule has 5 heteroatoms. The van der Waals surface area contributed by atoms with E-state index in [4.69, 9.17) is 0 Å². The predicted octanol–water partition coefficient (Wildman–Crippen LogP) is 1.11. The molecule has 0 radical (unpaired) electrons. The fourth-order valence-corrected chi connectivity index (χ4v) is 1.31. The van der Waals surface area contributed by atoms with Crippen molar-refractivity contribution in [2.75, 3.05) is 11.9 Å². The zero-order chi connectivity index (χ0) is 9.97. The molecule has 1 aliphatic rings. The normalized spacial score (nSPS) is 18.5. The molecule has 1 amide bonds. The van der Waals surface area contributed by atoms with Crippen molar-refractivity contribution in [1.82, 2.24) is 5.32 Å². The first-order chi connectivity index (χ1) is 6.77. The Morgan fingerprint density at radius 1 is 1.47 bits per heavy atom. The molecule has 1 aliphatic heterocycles. The first kappa shape index (κ1) is 11.8. The Bertz CT molecular complexity index is 353. The van der Waals surface area contributed by atoms with Crippen molar-refractivity contribution in [2.24, 2.45) is 0 Å². The van der Waals surface area contributed by atoms with Gasteiger partial charge in [-0.05, 0) is 25.1 Å². The SMILES string of the molecule is Cl.O=C(Nc1ccccc1O)[C@H]1CCN1. The number of hydrogen-bond acceptors (Lipinski definition) is 3. The quantitative estimate of drug-likeness (QED) is 0.665. The molecule has 1 fully saturated rings. The summed E-state index contributed by atoms with van der Waals surface area (Å²) in [5, 5.41) is 15.0. The molecule has 0 bridgehead atoms. The fourth-order valence-electron chi connectivity index (χ4n) is 1.31. The number of rotatable bonds is 2. The number of anilines is 1. The summed E-state index contributed by atoms with van der Waals surface area (Å²) < 4.78 is 0. The zero-order valence-electron chi connectivity index (χ0n) is 8.06. The monoisotopic (exact) mass is 228 g/mol. The van der Waals surface area contributed by atoms with Crippen LogP contribution in [0.4, 0.5) is 5.69 Å². The van der Waals surface area contributed by atoms with Crippen LogP contribution in [-0.4, -0.2) is 23.6 Å². The minimum absolute atomic E-state index is 0. The second-order valence-electron chi connectivity index (χ2n) is 3.30. The molecule has 1 aromatic rings. The van der Waals surface area contributed by atoms with Gasteiger partial charge in [-0.1, -0.05) is 12.1 Å². The molecular weight excluding hydrogens is 216 g/mol. The summed E-state index contributed by atoms with van der Waals surface area (Å²) >= 11 is 0. The molecule has 1 saturated heterocycles. The highest BCUT2D eigenvalue weighted by molar-refractivity contribution is 5.96. The number of hydrogen-bond donors (Lipinski definition) is 3. The topological polar surface area (TPSA) is 61.4 Å². The molecule has 0 aliphatic carbocycles. The molecule has 82 valence electrons. The van der Waals surface area contributed by atoms with Gasteiger partial charge in [0.1, 0.15) is 5.75 Å². The smallest absolute Gasteiger partial charge is 0.241 e. The lowest BCUT2D eigenvalue weighted by Crippen LogP contribution is -2.50. The maximum atomic E-state index is 11.5. The number of nitrogens with one attached hydrogen (secondary N) is 2. The van der Waals surface area contributed by atoms with E-state index in [0.29, 0.717) is 5.69 Å². The summed E-state index contributed by atoms with van der Waals surface area (Å²) in [6, 6.07) is 6.60. The molecule has 2 rings (SSSR count). The number of benzene rings is 1. The van der Waals surface area contributed by atoms with Gasteiger partial charge in [0.15, 0.2) is 0 Å². The van der Waals surface area contributed by atoms with E-state index in [1.807, 2.05) is 0 Å². The molecular formula is C10H13ClN2O2. The Morgan fingerprint density at radius 2 is 2.13 bits per heavy atom. The van der Waals surface area contributed by atoms with Crippen molar-refractivity contribution in [2.45, 2.75) is 12.5 Å². The summed E-state index contributed by atoms with van der Waals surface area (Å²) in [5.74, 6) is 0.0120. The number of aromatic hydroxyl groups is 1. The first-order valence-electron chi connectivity index (χ1n) is 4.59. The highest BCUT2D eigenvalue weighted by atomic mass is 35.5. The first-order valence-corrected chi connectivity index (χ1v) is 4.59. The summed E-state index contributed by atoms with van der Waals surface area (Å²) in [6.45, 7) is 0.888. The molecule has 1 heterocycles. The molecule has 0 unspecified atom stereocenters. The largest absolute Gasteiger partial charge is 0.506 e. The molecule has 0 saturated carbocycles. The Hall–Kier alpha value is -1.26. The number of carbonyl (C=O) groups is 1. The van der Waals surface area contributed by atoms with Gasteiger partial charge in [0.25, 0.3) is 0 Å². The van der Waals surface area contributed by atoms with Crippen molar-refractivity contribution in [1.29, 1.82) is 0 Å². The fraction of sp³-hybridized carbons (Fsp3) is 0.300. The van der Waals surface area contributed by atoms with Crippen LogP contribution in [0, 0.1) is 0 Å². The van der Waals surface area contributed by atoms with Crippen molar-refractivity contribution >= 4 is 24.0 Å². The average molecular weight is 229 g/mol. The summed E-state index contributed by atoms with van der Waals surface area (Å²) in [6.07, 6.45) is 0.861. The second kappa shape index (κ2) is 5.00. The molecule has 4 nitrogen and oxygen atoms in total. The lowest BCUT2D eigenvalue weighted by atomic mass is 10.1. The van der Waals surface area contributed by atoms with Crippen LogP contribution in [0.3, 0.4) is 0 Å². The van der Waals surface area contributed by atoms with E-state index in [-0.39, 0.29) is 30.1 Å². The molecule has 1 aromatic carbocycles. The van der Waals surface area contributed by atoms with Gasteiger partial charge in [0.05, 0.1) is 11.7 Å². The Labute approximate surface area is 94.1 Å². The Balaban J connectivity index is 0.00000112. The van der Waals surface area contributed by atoms with E-state index in [9.17, 15) is 9.90 Å². The number of phenols is 1. The highest BCUT2D eigenvalue weighted by Gasteiger charge is 2.24. The standard InChI is InChI=1S/C10H12N2O2.ClH/c13-9-4-2-1-3-7(9)12-10(14)8-5-6-11-8;/h1-4,8,11,13H,5-6H2,(H,12,14);1H/t8-;/m1./s1. The van der Waals surface area contributed by atoms with Crippen LogP contribution in [0.25, 0.3) is 0 Å². The number of amides is 1. The maximum Gasteiger partial charge on any atom is 0.241 e. The van der Waals surface area contributed by atoms with Crippen LogP contribution in [-0.2, 0) is 4.79 Å². The van der Waals surface area contributed by atoms with Gasteiger partial charge in [0, 0.05) is 0 Å². The molecule has 0 aromatic heterocycles. The van der Waals surface area contributed by atoms with E-state index < -0.39 is 0 Å². The van der Waals surface area contributed by atoms with Crippen LogP contribution >= 0.6 is 12.4 Å². The summed E-state index contributed by atoms with van der Waals surface area (Å²) in [4.78, 5) is 11.5. The van der Waals surface area contributed by atoms with Gasteiger partial charge in [-0.15, -0.1) is 12.4 Å². The van der Waals surface area contributed by atoms with Gasteiger partial charge in [-0.25, -0.2) is 0 Å². The van der Waals surface area contributed by atoms with E-state index >= 15 is 0 Å². The van der Waals surface area contributed by atoms with Crippen molar-refractivity contribution in [3.63, 3.8) is 0 Å². The number of carbonyl (C=O) groups excluding carboxylic acids is 1. The van der Waals surface area contributed by atoms with E-state index in [0.717, 1.165) is 13.0 Å². The minimum Gasteiger partial charge on any atom is -0.506 e. The number of halogens is 1. The lowest BCUT2D eigenvalue weighted by Gasteiger charge is -2.26. The second-order valence-corrected chi connectivity index (χ2v) is 3.30. The van der Waals surface area contributed by atoms with Crippen molar-refractivity contribution < 1.29 is 9.90 Å². The van der Waals surface area contributed by atoms with E-state index in [2.05, 4.69) is 10.6 Å². The third kappa shape index (κ3) is 2.61. The van der Waals surface area contributed by atoms with Gasteiger partial charge < -0.3 is 15.7 Å². The van der Waals surface area contributed by atoms with Gasteiger partial charge in [-0.3, -0.25) is 4.79 Å². The van der Waals surface area contributed by atoms with Crippen LogP contribution in [0.1, 0.15) is 6.42 Å². The minimum atomic E-state index is -0.102. The van der Waals surface area contributed by atoms with Crippen molar-refractivity contribution in [3.05, 3.63) is 24.3 Å². The third-order valence-electron chi connectivity index (χ3n) is 2.30. The van der Waals surface area contributed by atoms with Crippen LogP contribution in [0.2, 0.25) is 0 Å². The number of para-hydroxylation sites is 2. The molecule has 1 atom stereocenters. The van der Waals surface area contributed by atoms with Gasteiger partial charge >= 0.3 is 0 Å². The van der Waals surface area contributed by atoms with Gasteiger partial charge in [0.2, 0.25) is 5.91 Å². The van der Waals surface area contributed by atoms with E-state index in [1.54, 1.807) is 24.3 Å². The summed E-state index contributed by atoms with van der Waals surface area (Å²) in [5.41, 5.74) is 0.464. The predicted molar refractivity (Wildman–Crippen MR) is 60.4 cm³/mol. The molecule has 3 N–H and O–H groups in total. The number of phenolic OH excluding ortho intramolecular Hbond substituents is 1. The molecule has 15 heavy (non-hydrogen) atoms. The van der Waals surface area contributed by atoms with Crippen LogP contribution < -0.4 is 10.6 Å². The maximum absolute atomic E-state index is 11.5. The third-order valence-corrected chi connectivity index (χ3v) is 2.30. The highest BCUT2D eigenvalue weighted by Crippen LogP contribution is 2.22. The van der Waals surface area contributed by atoms with Crippen molar-refractivity contribution in [3.8, 4) is 5.75 Å². The van der Waals surface area contributed by atoms with Crippen LogP contribution in [0.5, 0.6) is 5.75 Å². The molecule has 0 spiro atoms.